The number of aliphatic hydroxyl groups excluding tert-OH is 1. The number of nitrogens with zero attached hydrogens (tertiary/aromatic N) is 2. The number of hydrogen-bond donors (Lipinski definition) is 2. The van der Waals surface area contributed by atoms with E-state index in [0.717, 1.165) is 25.9 Å². The highest BCUT2D eigenvalue weighted by molar-refractivity contribution is 5.78. The van der Waals surface area contributed by atoms with E-state index in [1.807, 2.05) is 9.80 Å². The Morgan fingerprint density at radius 3 is 2.53 bits per heavy atom. The number of carbonyl (C=O) groups excluding carboxylic acids is 2. The Balaban J connectivity index is 1.80. The number of aliphatic hydroxyl groups is 1. The Kier molecular flexibility index (Phi) is 4.76. The molecule has 2 amide bonds. The second-order valence-corrected chi connectivity index (χ2v) is 5.51. The van der Waals surface area contributed by atoms with Crippen molar-refractivity contribution in [1.82, 2.24) is 15.1 Å². The van der Waals surface area contributed by atoms with Crippen LogP contribution in [0.4, 0.5) is 0 Å². The van der Waals surface area contributed by atoms with Crippen LogP contribution in [0.25, 0.3) is 0 Å². The number of likely N-dealkylation sites (tertiary alicyclic amines) is 2. The number of nitrogens with one attached hydrogen (secondary N) is 1. The summed E-state index contributed by atoms with van der Waals surface area (Å²) in [5, 5.41) is 12.6. The molecule has 6 heteroatoms. The zero-order chi connectivity index (χ0) is 13.8. The fourth-order valence-electron chi connectivity index (χ4n) is 2.83. The van der Waals surface area contributed by atoms with Crippen LogP contribution in [-0.2, 0) is 9.59 Å². The molecule has 2 saturated heterocycles. The Labute approximate surface area is 113 Å². The largest absolute Gasteiger partial charge is 0.390 e. The minimum atomic E-state index is -0.585. The zero-order valence-corrected chi connectivity index (χ0v) is 11.5. The first kappa shape index (κ1) is 14.3. The molecule has 0 aromatic heterocycles. The van der Waals surface area contributed by atoms with E-state index in [2.05, 4.69) is 5.32 Å². The minimum Gasteiger partial charge on any atom is -0.390 e. The van der Waals surface area contributed by atoms with Gasteiger partial charge in [-0.05, 0) is 19.3 Å². The second-order valence-electron chi connectivity index (χ2n) is 5.51. The Bertz CT molecular complexity index is 342. The molecule has 2 N–H and O–H groups in total. The van der Waals surface area contributed by atoms with E-state index in [1.54, 1.807) is 0 Å². The van der Waals surface area contributed by atoms with Gasteiger partial charge in [-0.2, -0.15) is 0 Å². The average Bonchev–Trinajstić information content (AvgIpc) is 2.70. The highest BCUT2D eigenvalue weighted by Gasteiger charge is 2.33. The lowest BCUT2D eigenvalue weighted by Crippen LogP contribution is -2.43. The molecule has 0 aliphatic carbocycles. The van der Waals surface area contributed by atoms with Crippen molar-refractivity contribution < 1.29 is 14.7 Å². The van der Waals surface area contributed by atoms with Crippen LogP contribution in [0.15, 0.2) is 0 Å². The van der Waals surface area contributed by atoms with E-state index in [9.17, 15) is 14.7 Å². The van der Waals surface area contributed by atoms with E-state index >= 15 is 0 Å². The van der Waals surface area contributed by atoms with E-state index in [1.165, 1.54) is 13.3 Å². The SMILES string of the molecule is CC(=O)N[C@@H]1CN(CC(=O)N2CCCCC2)C[C@H]1O. The number of β-amino-alcohol motifs (C(OH)–C–C–N with tert-alkyl or cyclic N) is 1. The lowest BCUT2D eigenvalue weighted by Gasteiger charge is -2.28. The van der Waals surface area contributed by atoms with E-state index < -0.39 is 6.10 Å². The molecular weight excluding hydrogens is 246 g/mol. The molecule has 2 heterocycles. The number of hydrogen-bond acceptors (Lipinski definition) is 4. The maximum absolute atomic E-state index is 12.1. The molecule has 2 atom stereocenters. The summed E-state index contributed by atoms with van der Waals surface area (Å²) in [4.78, 5) is 26.9. The van der Waals surface area contributed by atoms with Gasteiger partial charge in [-0.15, -0.1) is 0 Å². The lowest BCUT2D eigenvalue weighted by molar-refractivity contribution is -0.133. The molecule has 2 fully saturated rings. The third-order valence-corrected chi connectivity index (χ3v) is 3.82. The molecule has 2 aliphatic heterocycles. The van der Waals surface area contributed by atoms with Gasteiger partial charge in [0.05, 0.1) is 18.7 Å². The van der Waals surface area contributed by atoms with E-state index in [0.29, 0.717) is 19.6 Å². The predicted octanol–water partition coefficient (Wildman–Crippen LogP) is -0.820. The zero-order valence-electron chi connectivity index (χ0n) is 11.5. The average molecular weight is 269 g/mol. The van der Waals surface area contributed by atoms with Crippen molar-refractivity contribution >= 4 is 11.8 Å². The van der Waals surface area contributed by atoms with Crippen LogP contribution in [0.5, 0.6) is 0 Å². The normalized spacial score (nSPS) is 28.4. The maximum atomic E-state index is 12.1. The molecular formula is C13H23N3O3. The second kappa shape index (κ2) is 6.34. The highest BCUT2D eigenvalue weighted by atomic mass is 16.3. The minimum absolute atomic E-state index is 0.135. The standard InChI is InChI=1S/C13H23N3O3/c1-10(17)14-11-7-15(8-12(11)18)9-13(19)16-5-3-2-4-6-16/h11-12,18H,2-9H2,1H3,(H,14,17)/t11-,12-/m1/s1. The van der Waals surface area contributed by atoms with Gasteiger partial charge in [-0.3, -0.25) is 14.5 Å². The van der Waals surface area contributed by atoms with Crippen molar-refractivity contribution in [2.24, 2.45) is 0 Å². The van der Waals surface area contributed by atoms with Gasteiger partial charge >= 0.3 is 0 Å². The van der Waals surface area contributed by atoms with Crippen LogP contribution in [0.3, 0.4) is 0 Å². The van der Waals surface area contributed by atoms with E-state index in [-0.39, 0.29) is 17.9 Å². The fourth-order valence-corrected chi connectivity index (χ4v) is 2.83. The molecule has 19 heavy (non-hydrogen) atoms. The molecule has 0 spiro atoms. The molecule has 0 radical (unpaired) electrons. The molecule has 6 nitrogen and oxygen atoms in total. The van der Waals surface area contributed by atoms with Gasteiger partial charge in [0.1, 0.15) is 0 Å². The van der Waals surface area contributed by atoms with Crippen LogP contribution >= 0.6 is 0 Å². The molecule has 0 aromatic carbocycles. The van der Waals surface area contributed by atoms with Crippen LogP contribution in [-0.4, -0.2) is 71.6 Å². The first-order valence-corrected chi connectivity index (χ1v) is 7.01. The van der Waals surface area contributed by atoms with Gasteiger partial charge < -0.3 is 15.3 Å². The van der Waals surface area contributed by atoms with Crippen molar-refractivity contribution in [2.75, 3.05) is 32.7 Å². The van der Waals surface area contributed by atoms with Gasteiger partial charge in [0.15, 0.2) is 0 Å². The Hall–Kier alpha value is -1.14. The number of rotatable bonds is 3. The molecule has 0 bridgehead atoms. The monoisotopic (exact) mass is 269 g/mol. The van der Waals surface area contributed by atoms with Crippen molar-refractivity contribution in [3.05, 3.63) is 0 Å². The summed E-state index contributed by atoms with van der Waals surface area (Å²) in [6.07, 6.45) is 2.79. The number of carbonyl (C=O) groups is 2. The third-order valence-electron chi connectivity index (χ3n) is 3.82. The summed E-state index contributed by atoms with van der Waals surface area (Å²) in [5.41, 5.74) is 0. The van der Waals surface area contributed by atoms with Crippen LogP contribution in [0.2, 0.25) is 0 Å². The van der Waals surface area contributed by atoms with Crippen molar-refractivity contribution in [3.63, 3.8) is 0 Å². The summed E-state index contributed by atoms with van der Waals surface area (Å²) in [6, 6.07) is -0.258. The molecule has 0 aromatic rings. The van der Waals surface area contributed by atoms with Gasteiger partial charge in [0.2, 0.25) is 11.8 Å². The third kappa shape index (κ3) is 3.91. The highest BCUT2D eigenvalue weighted by Crippen LogP contribution is 2.13. The summed E-state index contributed by atoms with van der Waals surface area (Å²) in [7, 11) is 0. The summed E-state index contributed by atoms with van der Waals surface area (Å²) >= 11 is 0. The first-order chi connectivity index (χ1) is 9.06. The molecule has 0 unspecified atom stereocenters. The van der Waals surface area contributed by atoms with Crippen LogP contribution in [0, 0.1) is 0 Å². The number of amides is 2. The smallest absolute Gasteiger partial charge is 0.236 e. The quantitative estimate of drug-likeness (QED) is 0.702. The van der Waals surface area contributed by atoms with Crippen LogP contribution < -0.4 is 5.32 Å². The lowest BCUT2D eigenvalue weighted by atomic mass is 10.1. The van der Waals surface area contributed by atoms with Crippen LogP contribution in [0.1, 0.15) is 26.2 Å². The van der Waals surface area contributed by atoms with Crippen molar-refractivity contribution in [3.8, 4) is 0 Å². The first-order valence-electron chi connectivity index (χ1n) is 7.01. The Morgan fingerprint density at radius 2 is 1.89 bits per heavy atom. The maximum Gasteiger partial charge on any atom is 0.236 e. The molecule has 2 aliphatic rings. The van der Waals surface area contributed by atoms with Crippen molar-refractivity contribution in [2.45, 2.75) is 38.3 Å². The molecule has 2 rings (SSSR count). The van der Waals surface area contributed by atoms with Gasteiger partial charge in [0, 0.05) is 33.1 Å². The topological polar surface area (TPSA) is 72.9 Å². The predicted molar refractivity (Wildman–Crippen MR) is 70.5 cm³/mol. The summed E-state index contributed by atoms with van der Waals surface area (Å²) in [5.74, 6) is -0.0105. The number of piperidine rings is 1. The summed E-state index contributed by atoms with van der Waals surface area (Å²) < 4.78 is 0. The van der Waals surface area contributed by atoms with Crippen molar-refractivity contribution in [1.29, 1.82) is 0 Å². The Morgan fingerprint density at radius 1 is 1.21 bits per heavy atom. The fraction of sp³-hybridized carbons (Fsp3) is 0.846. The van der Waals surface area contributed by atoms with Gasteiger partial charge in [0.25, 0.3) is 0 Å². The summed E-state index contributed by atoms with van der Waals surface area (Å²) in [6.45, 7) is 4.47. The molecule has 0 saturated carbocycles. The molecule has 108 valence electrons. The van der Waals surface area contributed by atoms with E-state index in [4.69, 9.17) is 0 Å². The van der Waals surface area contributed by atoms with Gasteiger partial charge in [-0.25, -0.2) is 0 Å². The van der Waals surface area contributed by atoms with Gasteiger partial charge in [-0.1, -0.05) is 0 Å².